The van der Waals surface area contributed by atoms with Crippen molar-refractivity contribution in [3.63, 3.8) is 0 Å². The van der Waals surface area contributed by atoms with Crippen LogP contribution in [0.2, 0.25) is 0 Å². The number of aryl methyl sites for hydroxylation is 1. The van der Waals surface area contributed by atoms with Crippen LogP contribution in [0.15, 0.2) is 48.0 Å². The Morgan fingerprint density at radius 2 is 2.04 bits per heavy atom. The minimum Gasteiger partial charge on any atom is -0.493 e. The van der Waals surface area contributed by atoms with E-state index in [2.05, 4.69) is 4.98 Å². The highest BCUT2D eigenvalue weighted by molar-refractivity contribution is 7.09. The number of benzene rings is 2. The van der Waals surface area contributed by atoms with Gasteiger partial charge in [0.1, 0.15) is 11.5 Å². The number of para-hydroxylation sites is 1. The average molecular weight is 371 g/mol. The highest BCUT2D eigenvalue weighted by Crippen LogP contribution is 2.36. The summed E-state index contributed by atoms with van der Waals surface area (Å²) in [5.74, 6) is 0.252. The number of Topliss-reactive ketones (excluding diaryl/α,β-unsaturated/α-hetero) is 1. The molecule has 0 aliphatic rings. The molecule has 0 bridgehead atoms. The summed E-state index contributed by atoms with van der Waals surface area (Å²) in [5.41, 5.74) is 1.65. The lowest BCUT2D eigenvalue weighted by Gasteiger charge is -2.14. The van der Waals surface area contributed by atoms with Gasteiger partial charge >= 0.3 is 0 Å². The molecule has 0 aliphatic heterocycles. The second-order valence-corrected chi connectivity index (χ2v) is 6.78. The van der Waals surface area contributed by atoms with E-state index < -0.39 is 5.82 Å². The summed E-state index contributed by atoms with van der Waals surface area (Å²) >= 11 is 1.45. The fraction of sp³-hybridized carbons (Fsp3) is 0.200. The zero-order valence-electron chi connectivity index (χ0n) is 14.5. The van der Waals surface area contributed by atoms with Crippen LogP contribution < -0.4 is 9.47 Å². The number of rotatable bonds is 7. The van der Waals surface area contributed by atoms with Gasteiger partial charge in [0.2, 0.25) is 5.75 Å². The second kappa shape index (κ2) is 8.10. The Labute approximate surface area is 155 Å². The zero-order valence-corrected chi connectivity index (χ0v) is 15.3. The number of nitrogens with zero attached hydrogens (tertiary/aromatic N) is 1. The molecule has 0 saturated heterocycles. The molecule has 1 heterocycles. The normalized spacial score (nSPS) is 10.6. The minimum atomic E-state index is -0.522. The number of carbonyl (C=O) groups excluding carboxylic acids is 1. The van der Waals surface area contributed by atoms with E-state index >= 15 is 0 Å². The summed E-state index contributed by atoms with van der Waals surface area (Å²) in [5, 5.41) is 2.62. The van der Waals surface area contributed by atoms with Crippen molar-refractivity contribution >= 4 is 17.1 Å². The lowest BCUT2D eigenvalue weighted by molar-refractivity contribution is -0.117. The molecule has 0 amide bonds. The first-order valence-electron chi connectivity index (χ1n) is 8.06. The van der Waals surface area contributed by atoms with Gasteiger partial charge in [-0.25, -0.2) is 9.37 Å². The van der Waals surface area contributed by atoms with Gasteiger partial charge in [0.05, 0.1) is 18.5 Å². The van der Waals surface area contributed by atoms with Crippen molar-refractivity contribution in [1.82, 2.24) is 4.98 Å². The van der Waals surface area contributed by atoms with Gasteiger partial charge in [0.25, 0.3) is 0 Å². The summed E-state index contributed by atoms with van der Waals surface area (Å²) in [6.07, 6.45) is 2.14. The molecule has 0 unspecified atom stereocenters. The number of carbonyl (C=O) groups is 1. The largest absolute Gasteiger partial charge is 0.493 e. The number of hydrogen-bond acceptors (Lipinski definition) is 5. The van der Waals surface area contributed by atoms with Crippen molar-refractivity contribution < 1.29 is 18.7 Å². The predicted octanol–water partition coefficient (Wildman–Crippen LogP) is 4.75. The number of methoxy groups -OCH3 is 1. The van der Waals surface area contributed by atoms with Gasteiger partial charge in [0.15, 0.2) is 11.6 Å². The van der Waals surface area contributed by atoms with Crippen molar-refractivity contribution in [2.45, 2.75) is 19.8 Å². The van der Waals surface area contributed by atoms with Crippen LogP contribution in [0, 0.1) is 12.7 Å². The molecule has 0 fully saturated rings. The smallest absolute Gasteiger partial charge is 0.204 e. The van der Waals surface area contributed by atoms with Crippen molar-refractivity contribution in [3.05, 3.63) is 69.9 Å². The summed E-state index contributed by atoms with van der Waals surface area (Å²) in [4.78, 5) is 16.5. The molecule has 0 N–H and O–H groups in total. The summed E-state index contributed by atoms with van der Waals surface area (Å²) in [6.45, 7) is 1.91. The van der Waals surface area contributed by atoms with Gasteiger partial charge in [0, 0.05) is 23.6 Å². The number of ether oxygens (including phenoxy) is 2. The minimum absolute atomic E-state index is 0.00854. The molecule has 1 aromatic heterocycles. The van der Waals surface area contributed by atoms with Crippen LogP contribution in [-0.2, 0) is 17.6 Å². The Hall–Kier alpha value is -2.73. The molecule has 0 radical (unpaired) electrons. The average Bonchev–Trinajstić information content (AvgIpc) is 3.12. The first-order valence-corrected chi connectivity index (χ1v) is 8.94. The van der Waals surface area contributed by atoms with Gasteiger partial charge in [-0.1, -0.05) is 18.2 Å². The SMILES string of the molecule is COc1cccc(F)c1Oc1cc(C)ccc1CC(=O)Cc1nccs1. The van der Waals surface area contributed by atoms with Crippen LogP contribution in [0.25, 0.3) is 0 Å². The van der Waals surface area contributed by atoms with Gasteiger partial charge in [-0.15, -0.1) is 11.3 Å². The fourth-order valence-electron chi connectivity index (χ4n) is 2.55. The monoisotopic (exact) mass is 371 g/mol. The molecule has 0 atom stereocenters. The van der Waals surface area contributed by atoms with Crippen molar-refractivity contribution in [2.24, 2.45) is 0 Å². The van der Waals surface area contributed by atoms with E-state index in [-0.39, 0.29) is 24.4 Å². The topological polar surface area (TPSA) is 48.4 Å². The molecule has 0 spiro atoms. The molecule has 6 heteroatoms. The zero-order chi connectivity index (χ0) is 18.5. The number of halogens is 1. The lowest BCUT2D eigenvalue weighted by atomic mass is 10.0. The molecule has 3 aromatic rings. The Balaban J connectivity index is 1.86. The van der Waals surface area contributed by atoms with Crippen molar-refractivity contribution in [3.8, 4) is 17.2 Å². The third kappa shape index (κ3) is 4.26. The van der Waals surface area contributed by atoms with E-state index in [4.69, 9.17) is 9.47 Å². The van der Waals surface area contributed by atoms with Crippen LogP contribution >= 0.6 is 11.3 Å². The standard InChI is InChI=1S/C20H18FNO3S/c1-13-6-7-14(11-15(23)12-19-22-8-9-26-19)18(10-13)25-20-16(21)4-3-5-17(20)24-2/h3-10H,11-12H2,1-2H3. The maximum absolute atomic E-state index is 14.2. The quantitative estimate of drug-likeness (QED) is 0.602. The van der Waals surface area contributed by atoms with E-state index in [1.54, 1.807) is 24.4 Å². The van der Waals surface area contributed by atoms with Crippen LogP contribution in [-0.4, -0.2) is 17.9 Å². The third-order valence-corrected chi connectivity index (χ3v) is 4.58. The van der Waals surface area contributed by atoms with E-state index in [9.17, 15) is 9.18 Å². The molecular formula is C20H18FNO3S. The maximum atomic E-state index is 14.2. The highest BCUT2D eigenvalue weighted by Gasteiger charge is 2.16. The highest BCUT2D eigenvalue weighted by atomic mass is 32.1. The molecule has 3 rings (SSSR count). The molecule has 134 valence electrons. The van der Waals surface area contributed by atoms with Crippen LogP contribution in [0.4, 0.5) is 4.39 Å². The van der Waals surface area contributed by atoms with Crippen LogP contribution in [0.1, 0.15) is 16.1 Å². The maximum Gasteiger partial charge on any atom is 0.204 e. The lowest BCUT2D eigenvalue weighted by Crippen LogP contribution is -2.08. The first kappa shape index (κ1) is 18.1. The molecule has 2 aromatic carbocycles. The fourth-order valence-corrected chi connectivity index (χ4v) is 3.19. The van der Waals surface area contributed by atoms with E-state index in [1.165, 1.54) is 24.5 Å². The van der Waals surface area contributed by atoms with E-state index in [0.717, 1.165) is 10.6 Å². The Bertz CT molecular complexity index is 909. The van der Waals surface area contributed by atoms with Crippen molar-refractivity contribution in [2.75, 3.05) is 7.11 Å². The first-order chi connectivity index (χ1) is 12.6. The Morgan fingerprint density at radius 3 is 2.77 bits per heavy atom. The van der Waals surface area contributed by atoms with E-state index in [0.29, 0.717) is 17.1 Å². The summed E-state index contributed by atoms with van der Waals surface area (Å²) < 4.78 is 25.2. The molecule has 0 aliphatic carbocycles. The Kier molecular flexibility index (Phi) is 5.63. The third-order valence-electron chi connectivity index (χ3n) is 3.80. The summed E-state index contributed by atoms with van der Waals surface area (Å²) in [6, 6.07) is 10.0. The molecule has 0 saturated carbocycles. The number of ketones is 1. The second-order valence-electron chi connectivity index (χ2n) is 5.80. The van der Waals surface area contributed by atoms with Crippen molar-refractivity contribution in [1.29, 1.82) is 0 Å². The molecular weight excluding hydrogens is 353 g/mol. The molecule has 4 nitrogen and oxygen atoms in total. The number of thiazole rings is 1. The number of hydrogen-bond donors (Lipinski definition) is 0. The van der Waals surface area contributed by atoms with E-state index in [1.807, 2.05) is 24.4 Å². The van der Waals surface area contributed by atoms with Gasteiger partial charge < -0.3 is 9.47 Å². The summed E-state index contributed by atoms with van der Waals surface area (Å²) in [7, 11) is 1.45. The number of aromatic nitrogens is 1. The van der Waals surface area contributed by atoms with Crippen LogP contribution in [0.3, 0.4) is 0 Å². The molecule has 26 heavy (non-hydrogen) atoms. The Morgan fingerprint density at radius 1 is 1.19 bits per heavy atom. The predicted molar refractivity (Wildman–Crippen MR) is 98.7 cm³/mol. The van der Waals surface area contributed by atoms with Gasteiger partial charge in [-0.3, -0.25) is 4.79 Å². The van der Waals surface area contributed by atoms with Crippen LogP contribution in [0.5, 0.6) is 17.2 Å². The van der Waals surface area contributed by atoms with Gasteiger partial charge in [-0.05, 0) is 30.7 Å². The van der Waals surface area contributed by atoms with Gasteiger partial charge in [-0.2, -0.15) is 0 Å².